The maximum atomic E-state index is 12.8. The second-order valence-corrected chi connectivity index (χ2v) is 6.73. The number of nitrogens with one attached hydrogen (secondary N) is 1. The van der Waals surface area contributed by atoms with Gasteiger partial charge in [0.2, 0.25) is 5.91 Å². The van der Waals surface area contributed by atoms with Crippen LogP contribution in [-0.2, 0) is 16.0 Å². The first-order valence-corrected chi connectivity index (χ1v) is 8.49. The minimum Gasteiger partial charge on any atom is -0.376 e. The van der Waals surface area contributed by atoms with E-state index in [-0.39, 0.29) is 23.9 Å². The molecular weight excluding hydrogens is 295 g/mol. The number of benzene rings is 1. The van der Waals surface area contributed by atoms with Gasteiger partial charge in [0.15, 0.2) is 0 Å². The van der Waals surface area contributed by atoms with Gasteiger partial charge in [0.1, 0.15) is 5.82 Å². The molecule has 126 valence electrons. The quantitative estimate of drug-likeness (QED) is 0.904. The first-order valence-electron chi connectivity index (χ1n) is 8.49. The molecule has 4 nitrogen and oxygen atoms in total. The van der Waals surface area contributed by atoms with E-state index >= 15 is 0 Å². The van der Waals surface area contributed by atoms with Crippen LogP contribution < -0.4 is 5.32 Å². The molecule has 2 saturated heterocycles. The fourth-order valence-electron chi connectivity index (χ4n) is 3.55. The molecule has 0 spiro atoms. The molecule has 5 heteroatoms. The molecule has 0 radical (unpaired) electrons. The van der Waals surface area contributed by atoms with Crippen LogP contribution in [0.15, 0.2) is 24.3 Å². The number of carbonyl (C=O) groups excluding carboxylic acids is 1. The number of morpholine rings is 1. The number of carbonyl (C=O) groups is 1. The average molecular weight is 320 g/mol. The van der Waals surface area contributed by atoms with Crippen molar-refractivity contribution in [2.24, 2.45) is 0 Å². The van der Waals surface area contributed by atoms with Crippen LogP contribution in [0.3, 0.4) is 0 Å². The molecular formula is C18H25FN2O2. The Kier molecular flexibility index (Phi) is 5.28. The molecule has 0 aromatic heterocycles. The molecule has 2 heterocycles. The summed E-state index contributed by atoms with van der Waals surface area (Å²) in [6.07, 6.45) is 3.38. The van der Waals surface area contributed by atoms with Gasteiger partial charge in [-0.3, -0.25) is 9.69 Å². The van der Waals surface area contributed by atoms with Gasteiger partial charge in [0.25, 0.3) is 0 Å². The Morgan fingerprint density at radius 2 is 2.13 bits per heavy atom. The molecule has 2 fully saturated rings. The number of fused-ring (bicyclic) bond motifs is 1. The lowest BCUT2D eigenvalue weighted by Gasteiger charge is -2.33. The third-order valence-corrected chi connectivity index (χ3v) is 4.74. The van der Waals surface area contributed by atoms with E-state index in [0.717, 1.165) is 44.5 Å². The van der Waals surface area contributed by atoms with Gasteiger partial charge in [-0.1, -0.05) is 12.1 Å². The number of nitrogens with zero attached hydrogens (tertiary/aromatic N) is 1. The van der Waals surface area contributed by atoms with Gasteiger partial charge in [-0.05, 0) is 43.9 Å². The minimum absolute atomic E-state index is 0.117. The van der Waals surface area contributed by atoms with E-state index in [2.05, 4.69) is 17.1 Å². The van der Waals surface area contributed by atoms with Crippen molar-refractivity contribution < 1.29 is 13.9 Å². The molecule has 0 aliphatic carbocycles. The van der Waals surface area contributed by atoms with Crippen LogP contribution in [0, 0.1) is 5.82 Å². The highest BCUT2D eigenvalue weighted by Gasteiger charge is 2.36. The van der Waals surface area contributed by atoms with E-state index in [1.807, 2.05) is 0 Å². The lowest BCUT2D eigenvalue weighted by atomic mass is 10.1. The maximum Gasteiger partial charge on any atom is 0.220 e. The van der Waals surface area contributed by atoms with E-state index in [9.17, 15) is 9.18 Å². The average Bonchev–Trinajstić information content (AvgIpc) is 2.90. The Balaban J connectivity index is 1.37. The molecule has 3 atom stereocenters. The smallest absolute Gasteiger partial charge is 0.220 e. The molecule has 1 N–H and O–H groups in total. The standard InChI is InChI=1S/C18H25FN2O2/c1-13-10-21-11-16(9-17(21)12-23-13)20-18(22)4-2-3-14-5-7-15(19)8-6-14/h5-8,13,16-17H,2-4,9-12H2,1H3,(H,20,22)/t13-,16+,17+/m1/s1. The summed E-state index contributed by atoms with van der Waals surface area (Å²) in [6, 6.07) is 7.19. The van der Waals surface area contributed by atoms with Crippen molar-refractivity contribution in [3.8, 4) is 0 Å². The molecule has 0 bridgehead atoms. The Bertz CT molecular complexity index is 534. The van der Waals surface area contributed by atoms with Crippen molar-refractivity contribution in [2.75, 3.05) is 19.7 Å². The lowest BCUT2D eigenvalue weighted by Crippen LogP contribution is -2.45. The normalized spacial score (nSPS) is 27.7. The van der Waals surface area contributed by atoms with Crippen LogP contribution in [-0.4, -0.2) is 48.7 Å². The molecule has 0 saturated carbocycles. The fraction of sp³-hybridized carbons (Fsp3) is 0.611. The van der Waals surface area contributed by atoms with Gasteiger partial charge < -0.3 is 10.1 Å². The van der Waals surface area contributed by atoms with Gasteiger partial charge in [0, 0.05) is 31.6 Å². The van der Waals surface area contributed by atoms with Crippen LogP contribution in [0.5, 0.6) is 0 Å². The van der Waals surface area contributed by atoms with Crippen molar-refractivity contribution in [1.82, 2.24) is 10.2 Å². The van der Waals surface area contributed by atoms with Crippen molar-refractivity contribution in [1.29, 1.82) is 0 Å². The van der Waals surface area contributed by atoms with E-state index in [1.54, 1.807) is 12.1 Å². The van der Waals surface area contributed by atoms with Gasteiger partial charge in [-0.2, -0.15) is 0 Å². The van der Waals surface area contributed by atoms with Crippen LogP contribution in [0.4, 0.5) is 4.39 Å². The first-order chi connectivity index (χ1) is 11.1. The van der Waals surface area contributed by atoms with Crippen molar-refractivity contribution in [3.63, 3.8) is 0 Å². The zero-order valence-electron chi connectivity index (χ0n) is 13.6. The molecule has 0 unspecified atom stereocenters. The monoisotopic (exact) mass is 320 g/mol. The summed E-state index contributed by atoms with van der Waals surface area (Å²) in [6.45, 7) is 4.76. The van der Waals surface area contributed by atoms with Gasteiger partial charge in [-0.15, -0.1) is 0 Å². The van der Waals surface area contributed by atoms with Crippen molar-refractivity contribution >= 4 is 5.91 Å². The topological polar surface area (TPSA) is 41.6 Å². The number of halogens is 1. The molecule has 1 amide bonds. The van der Waals surface area contributed by atoms with E-state index in [1.165, 1.54) is 12.1 Å². The summed E-state index contributed by atoms with van der Waals surface area (Å²) in [5, 5.41) is 3.15. The third kappa shape index (κ3) is 4.52. The Labute approximate surface area is 137 Å². The van der Waals surface area contributed by atoms with Gasteiger partial charge >= 0.3 is 0 Å². The lowest BCUT2D eigenvalue weighted by molar-refractivity contribution is -0.121. The predicted molar refractivity (Wildman–Crippen MR) is 86.7 cm³/mol. The van der Waals surface area contributed by atoms with Crippen LogP contribution in [0.2, 0.25) is 0 Å². The molecule has 2 aliphatic heterocycles. The molecule has 1 aromatic carbocycles. The van der Waals surface area contributed by atoms with Crippen LogP contribution in [0.25, 0.3) is 0 Å². The second-order valence-electron chi connectivity index (χ2n) is 6.73. The first kappa shape index (κ1) is 16.4. The fourth-order valence-corrected chi connectivity index (χ4v) is 3.55. The maximum absolute atomic E-state index is 12.8. The molecule has 1 aromatic rings. The SMILES string of the molecule is C[C@@H]1CN2C[C@@H](NC(=O)CCCc3ccc(F)cc3)C[C@H]2CO1. The number of hydrogen-bond donors (Lipinski definition) is 1. The predicted octanol–water partition coefficient (Wildman–Crippen LogP) is 2.13. The highest BCUT2D eigenvalue weighted by molar-refractivity contribution is 5.76. The van der Waals surface area contributed by atoms with Crippen molar-refractivity contribution in [2.45, 2.75) is 50.8 Å². The van der Waals surface area contributed by atoms with E-state index in [4.69, 9.17) is 4.74 Å². The van der Waals surface area contributed by atoms with E-state index in [0.29, 0.717) is 12.5 Å². The molecule has 3 rings (SSSR count). The largest absolute Gasteiger partial charge is 0.376 e. The number of ether oxygens (including phenoxy) is 1. The Hall–Kier alpha value is -1.46. The van der Waals surface area contributed by atoms with Crippen LogP contribution >= 0.6 is 0 Å². The number of rotatable bonds is 5. The summed E-state index contributed by atoms with van der Waals surface area (Å²) in [4.78, 5) is 14.5. The third-order valence-electron chi connectivity index (χ3n) is 4.74. The zero-order chi connectivity index (χ0) is 16.2. The minimum atomic E-state index is -0.220. The summed E-state index contributed by atoms with van der Waals surface area (Å²) >= 11 is 0. The Morgan fingerprint density at radius 3 is 2.91 bits per heavy atom. The van der Waals surface area contributed by atoms with Crippen molar-refractivity contribution in [3.05, 3.63) is 35.6 Å². The number of hydrogen-bond acceptors (Lipinski definition) is 3. The van der Waals surface area contributed by atoms with Crippen LogP contribution in [0.1, 0.15) is 31.7 Å². The highest BCUT2D eigenvalue weighted by Crippen LogP contribution is 2.23. The molecule has 23 heavy (non-hydrogen) atoms. The molecule has 2 aliphatic rings. The number of aryl methyl sites for hydroxylation is 1. The van der Waals surface area contributed by atoms with E-state index < -0.39 is 0 Å². The number of amides is 1. The summed E-state index contributed by atoms with van der Waals surface area (Å²) in [5.41, 5.74) is 1.07. The second kappa shape index (κ2) is 7.41. The summed E-state index contributed by atoms with van der Waals surface area (Å²) < 4.78 is 18.5. The van der Waals surface area contributed by atoms with Gasteiger partial charge in [0.05, 0.1) is 12.7 Å². The summed E-state index contributed by atoms with van der Waals surface area (Å²) in [7, 11) is 0. The Morgan fingerprint density at radius 1 is 1.35 bits per heavy atom. The summed E-state index contributed by atoms with van der Waals surface area (Å²) in [5.74, 6) is -0.103. The highest BCUT2D eigenvalue weighted by atomic mass is 19.1. The zero-order valence-corrected chi connectivity index (χ0v) is 13.6. The van der Waals surface area contributed by atoms with Gasteiger partial charge in [-0.25, -0.2) is 4.39 Å².